The van der Waals surface area contributed by atoms with E-state index < -0.39 is 18.6 Å². The number of carbonyl (C=O) groups excluding carboxylic acids is 1. The van der Waals surface area contributed by atoms with E-state index in [0.717, 1.165) is 38.9 Å². The van der Waals surface area contributed by atoms with Crippen LogP contribution in [0.25, 0.3) is 0 Å². The van der Waals surface area contributed by atoms with Gasteiger partial charge in [0.05, 0.1) is 6.54 Å². The van der Waals surface area contributed by atoms with Crippen molar-refractivity contribution >= 4 is 5.91 Å². The van der Waals surface area contributed by atoms with Gasteiger partial charge >= 0.3 is 6.18 Å². The van der Waals surface area contributed by atoms with Crippen LogP contribution in [-0.2, 0) is 4.79 Å². The number of alkyl halides is 3. The molecule has 0 spiro atoms. The molecular weight excluding hydrogens is 259 g/mol. The molecule has 0 saturated carbocycles. The summed E-state index contributed by atoms with van der Waals surface area (Å²) in [6, 6.07) is 0.241. The summed E-state index contributed by atoms with van der Waals surface area (Å²) >= 11 is 0. The Labute approximate surface area is 111 Å². The third-order valence-electron chi connectivity index (χ3n) is 3.13. The van der Waals surface area contributed by atoms with Gasteiger partial charge in [0, 0.05) is 12.6 Å². The van der Waals surface area contributed by atoms with Crippen LogP contribution >= 0.6 is 0 Å². The van der Waals surface area contributed by atoms with Crippen LogP contribution < -0.4 is 10.6 Å². The van der Waals surface area contributed by atoms with Crippen molar-refractivity contribution in [1.29, 1.82) is 0 Å². The molecule has 0 aromatic carbocycles. The van der Waals surface area contributed by atoms with E-state index in [2.05, 4.69) is 5.32 Å². The Morgan fingerprint density at radius 2 is 2.21 bits per heavy atom. The first kappa shape index (κ1) is 16.2. The summed E-state index contributed by atoms with van der Waals surface area (Å²) in [4.78, 5) is 13.5. The van der Waals surface area contributed by atoms with Crippen LogP contribution in [0, 0.1) is 0 Å². The highest BCUT2D eigenvalue weighted by molar-refractivity contribution is 5.78. The van der Waals surface area contributed by atoms with Crippen molar-refractivity contribution < 1.29 is 18.0 Å². The lowest BCUT2D eigenvalue weighted by atomic mass is 10.1. The quantitative estimate of drug-likeness (QED) is 0.767. The molecule has 1 amide bonds. The third-order valence-corrected chi connectivity index (χ3v) is 3.13. The number of rotatable bonds is 6. The standard InChI is InChI=1S/C12H22F3N3O/c1-2-6-18(10-4-3-5-16-7-10)8-11(19)17-9-12(13,14)15/h10,16H,2-9H2,1H3,(H,17,19). The zero-order valence-corrected chi connectivity index (χ0v) is 11.2. The molecule has 0 aromatic heterocycles. The van der Waals surface area contributed by atoms with Gasteiger partial charge in [-0.2, -0.15) is 13.2 Å². The largest absolute Gasteiger partial charge is 0.405 e. The molecule has 1 aliphatic rings. The predicted molar refractivity (Wildman–Crippen MR) is 66.8 cm³/mol. The highest BCUT2D eigenvalue weighted by Gasteiger charge is 2.28. The van der Waals surface area contributed by atoms with Crippen LogP contribution in [-0.4, -0.2) is 55.7 Å². The van der Waals surface area contributed by atoms with E-state index in [4.69, 9.17) is 0 Å². The van der Waals surface area contributed by atoms with Crippen LogP contribution in [0.3, 0.4) is 0 Å². The van der Waals surface area contributed by atoms with Gasteiger partial charge in [-0.15, -0.1) is 0 Å². The Morgan fingerprint density at radius 3 is 2.74 bits per heavy atom. The van der Waals surface area contributed by atoms with Crippen molar-refractivity contribution in [2.75, 3.05) is 32.7 Å². The Bertz CT molecular complexity index is 278. The van der Waals surface area contributed by atoms with Gasteiger partial charge in [-0.1, -0.05) is 6.92 Å². The van der Waals surface area contributed by atoms with Crippen molar-refractivity contribution in [3.8, 4) is 0 Å². The highest BCUT2D eigenvalue weighted by Crippen LogP contribution is 2.13. The van der Waals surface area contributed by atoms with E-state index in [0.29, 0.717) is 0 Å². The third kappa shape index (κ3) is 6.77. The molecule has 0 bridgehead atoms. The van der Waals surface area contributed by atoms with Gasteiger partial charge in [0.2, 0.25) is 5.91 Å². The maximum absolute atomic E-state index is 12.0. The van der Waals surface area contributed by atoms with E-state index in [9.17, 15) is 18.0 Å². The molecule has 1 saturated heterocycles. The van der Waals surface area contributed by atoms with Crippen molar-refractivity contribution in [1.82, 2.24) is 15.5 Å². The summed E-state index contributed by atoms with van der Waals surface area (Å²) in [7, 11) is 0. The predicted octanol–water partition coefficient (Wildman–Crippen LogP) is 1.13. The minimum atomic E-state index is -4.35. The maximum atomic E-state index is 12.0. The number of halogens is 3. The van der Waals surface area contributed by atoms with Gasteiger partial charge in [0.1, 0.15) is 6.54 Å². The van der Waals surface area contributed by atoms with Gasteiger partial charge in [0.25, 0.3) is 0 Å². The van der Waals surface area contributed by atoms with Crippen LogP contribution in [0.2, 0.25) is 0 Å². The van der Waals surface area contributed by atoms with Gasteiger partial charge in [-0.25, -0.2) is 0 Å². The molecule has 4 nitrogen and oxygen atoms in total. The summed E-state index contributed by atoms with van der Waals surface area (Å²) in [6.45, 7) is 3.27. The summed E-state index contributed by atoms with van der Waals surface area (Å²) in [6.07, 6.45) is -1.45. The Hall–Kier alpha value is -0.820. The van der Waals surface area contributed by atoms with Gasteiger partial charge in [-0.05, 0) is 32.4 Å². The molecule has 7 heteroatoms. The lowest BCUT2D eigenvalue weighted by Crippen LogP contribution is -2.50. The fraction of sp³-hybridized carbons (Fsp3) is 0.917. The SMILES string of the molecule is CCCN(CC(=O)NCC(F)(F)F)C1CCCNC1. The molecule has 1 unspecified atom stereocenters. The van der Waals surface area contributed by atoms with Gasteiger partial charge in [0.15, 0.2) is 0 Å². The monoisotopic (exact) mass is 281 g/mol. The second kappa shape index (κ2) is 7.69. The molecule has 19 heavy (non-hydrogen) atoms. The Balaban J connectivity index is 2.41. The zero-order valence-electron chi connectivity index (χ0n) is 11.2. The van der Waals surface area contributed by atoms with Crippen LogP contribution in [0.1, 0.15) is 26.2 Å². The molecule has 1 atom stereocenters. The van der Waals surface area contributed by atoms with E-state index >= 15 is 0 Å². The number of nitrogens with one attached hydrogen (secondary N) is 2. The Morgan fingerprint density at radius 1 is 1.47 bits per heavy atom. The number of piperidine rings is 1. The topological polar surface area (TPSA) is 44.4 Å². The molecular formula is C12H22F3N3O. The van der Waals surface area contributed by atoms with Crippen LogP contribution in [0.4, 0.5) is 13.2 Å². The number of nitrogens with zero attached hydrogens (tertiary/aromatic N) is 1. The smallest absolute Gasteiger partial charge is 0.346 e. The van der Waals surface area contributed by atoms with Gasteiger partial charge < -0.3 is 10.6 Å². The second-order valence-corrected chi connectivity index (χ2v) is 4.86. The summed E-state index contributed by atoms with van der Waals surface area (Å²) < 4.78 is 36.1. The molecule has 0 aromatic rings. The molecule has 1 heterocycles. The summed E-state index contributed by atoms with van der Waals surface area (Å²) in [5, 5.41) is 5.17. The minimum Gasteiger partial charge on any atom is -0.346 e. The van der Waals surface area contributed by atoms with Crippen LogP contribution in [0.5, 0.6) is 0 Å². The summed E-state index contributed by atoms with van der Waals surface area (Å²) in [5.74, 6) is -0.559. The molecule has 1 aliphatic heterocycles. The van der Waals surface area contributed by atoms with Crippen molar-refractivity contribution in [3.05, 3.63) is 0 Å². The minimum absolute atomic E-state index is 0.0380. The lowest BCUT2D eigenvalue weighted by Gasteiger charge is -2.34. The van der Waals surface area contributed by atoms with Crippen molar-refractivity contribution in [3.63, 3.8) is 0 Å². The van der Waals surface area contributed by atoms with E-state index in [1.165, 1.54) is 0 Å². The van der Waals surface area contributed by atoms with Gasteiger partial charge in [-0.3, -0.25) is 9.69 Å². The highest BCUT2D eigenvalue weighted by atomic mass is 19.4. The first-order valence-electron chi connectivity index (χ1n) is 6.70. The number of hydrogen-bond acceptors (Lipinski definition) is 3. The number of amides is 1. The molecule has 0 radical (unpaired) electrons. The van der Waals surface area contributed by atoms with E-state index in [-0.39, 0.29) is 12.6 Å². The molecule has 1 rings (SSSR count). The molecule has 2 N–H and O–H groups in total. The first-order valence-corrected chi connectivity index (χ1v) is 6.70. The maximum Gasteiger partial charge on any atom is 0.405 e. The van der Waals surface area contributed by atoms with E-state index in [1.54, 1.807) is 0 Å². The first-order chi connectivity index (χ1) is 8.92. The average Bonchev–Trinajstić information content (AvgIpc) is 2.36. The zero-order chi connectivity index (χ0) is 14.3. The average molecular weight is 281 g/mol. The second-order valence-electron chi connectivity index (χ2n) is 4.86. The fourth-order valence-corrected chi connectivity index (χ4v) is 2.26. The lowest BCUT2D eigenvalue weighted by molar-refractivity contribution is -0.139. The number of carbonyl (C=O) groups is 1. The molecule has 0 aliphatic carbocycles. The summed E-state index contributed by atoms with van der Waals surface area (Å²) in [5.41, 5.74) is 0. The van der Waals surface area contributed by atoms with E-state index in [1.807, 2.05) is 17.1 Å². The van der Waals surface area contributed by atoms with Crippen LogP contribution in [0.15, 0.2) is 0 Å². The fourth-order valence-electron chi connectivity index (χ4n) is 2.26. The molecule has 112 valence electrons. The van der Waals surface area contributed by atoms with Crippen molar-refractivity contribution in [2.24, 2.45) is 0 Å². The Kier molecular flexibility index (Phi) is 6.57. The van der Waals surface area contributed by atoms with Crippen molar-refractivity contribution in [2.45, 2.75) is 38.4 Å². The molecule has 1 fully saturated rings. The normalized spacial score (nSPS) is 20.6. The number of hydrogen-bond donors (Lipinski definition) is 2.